The van der Waals surface area contributed by atoms with Crippen molar-refractivity contribution in [3.8, 4) is 5.75 Å². The van der Waals surface area contributed by atoms with Crippen molar-refractivity contribution >= 4 is 5.97 Å². The first-order valence-corrected chi connectivity index (χ1v) is 13.8. The monoisotopic (exact) mass is 531 g/mol. The van der Waals surface area contributed by atoms with Gasteiger partial charge in [0.1, 0.15) is 11.6 Å². The number of carbonyl (C=O) groups excluding carboxylic acids is 1. The summed E-state index contributed by atoms with van der Waals surface area (Å²) in [6.07, 6.45) is 4.42. The fourth-order valence-electron chi connectivity index (χ4n) is 4.64. The Balaban J connectivity index is 0.000000474. The van der Waals surface area contributed by atoms with Crippen molar-refractivity contribution in [3.05, 3.63) is 64.5 Å². The number of methoxy groups -OCH3 is 1. The molecule has 1 aliphatic rings. The highest BCUT2D eigenvalue weighted by Gasteiger charge is 2.22. The van der Waals surface area contributed by atoms with E-state index in [9.17, 15) is 14.3 Å². The van der Waals surface area contributed by atoms with Crippen LogP contribution < -0.4 is 4.74 Å². The molecular weight excluding hydrogens is 485 g/mol. The zero-order valence-corrected chi connectivity index (χ0v) is 23.8. The van der Waals surface area contributed by atoms with Crippen LogP contribution >= 0.6 is 0 Å². The van der Waals surface area contributed by atoms with Gasteiger partial charge in [-0.05, 0) is 88.4 Å². The van der Waals surface area contributed by atoms with Crippen LogP contribution in [0.5, 0.6) is 5.75 Å². The molecule has 7 heteroatoms. The van der Waals surface area contributed by atoms with Gasteiger partial charge in [-0.1, -0.05) is 37.6 Å². The van der Waals surface area contributed by atoms with E-state index in [2.05, 4.69) is 11.8 Å². The highest BCUT2D eigenvalue weighted by atomic mass is 19.1. The van der Waals surface area contributed by atoms with E-state index in [0.29, 0.717) is 38.2 Å². The van der Waals surface area contributed by atoms with Crippen LogP contribution in [0.2, 0.25) is 0 Å². The molecule has 0 spiro atoms. The third kappa shape index (κ3) is 10.7. The lowest BCUT2D eigenvalue weighted by Crippen LogP contribution is -2.33. The normalized spacial score (nSPS) is 14.9. The van der Waals surface area contributed by atoms with E-state index in [1.54, 1.807) is 20.1 Å². The Morgan fingerprint density at radius 2 is 1.87 bits per heavy atom. The molecule has 1 aliphatic heterocycles. The first kappa shape index (κ1) is 31.7. The van der Waals surface area contributed by atoms with Crippen LogP contribution in [0.1, 0.15) is 74.3 Å². The third-order valence-electron chi connectivity index (χ3n) is 6.66. The van der Waals surface area contributed by atoms with Crippen molar-refractivity contribution in [2.24, 2.45) is 0 Å². The van der Waals surface area contributed by atoms with Gasteiger partial charge in [0, 0.05) is 18.5 Å². The number of β-amino-alcohol motifs (C(OH)–C–C–N with tert-alkyl or cyclic N) is 1. The summed E-state index contributed by atoms with van der Waals surface area (Å²) in [7, 11) is 1.64. The molecule has 3 rings (SSSR count). The van der Waals surface area contributed by atoms with Crippen molar-refractivity contribution in [3.63, 3.8) is 0 Å². The fraction of sp³-hybridized carbons (Fsp3) is 0.581. The van der Waals surface area contributed by atoms with Gasteiger partial charge < -0.3 is 24.2 Å². The molecule has 0 aliphatic carbocycles. The van der Waals surface area contributed by atoms with Crippen molar-refractivity contribution in [1.82, 2.24) is 4.90 Å². The predicted octanol–water partition coefficient (Wildman–Crippen LogP) is 5.95. The number of aryl methyl sites for hydroxylation is 2. The zero-order chi connectivity index (χ0) is 27.9. The molecule has 6 nitrogen and oxygen atoms in total. The van der Waals surface area contributed by atoms with E-state index in [0.717, 1.165) is 48.4 Å². The minimum absolute atomic E-state index is 0.116. The summed E-state index contributed by atoms with van der Waals surface area (Å²) in [5, 5.41) is 10.4. The van der Waals surface area contributed by atoms with Crippen molar-refractivity contribution in [2.45, 2.75) is 78.4 Å². The molecule has 0 radical (unpaired) electrons. The summed E-state index contributed by atoms with van der Waals surface area (Å²) in [4.78, 5) is 14.2. The molecule has 1 saturated heterocycles. The van der Waals surface area contributed by atoms with E-state index in [-0.39, 0.29) is 17.9 Å². The van der Waals surface area contributed by atoms with Crippen LogP contribution in [0.4, 0.5) is 4.39 Å². The SMILES string of the molecule is CCCC(OCC(O)CN1CCCC1)c1cccc(OC)c1CCC(=O)OCC.Cc1ccc(C)c(F)c1. The van der Waals surface area contributed by atoms with Gasteiger partial charge in [-0.2, -0.15) is 0 Å². The number of likely N-dealkylation sites (tertiary alicyclic amines) is 1. The van der Waals surface area contributed by atoms with Gasteiger partial charge in [-0.15, -0.1) is 0 Å². The maximum Gasteiger partial charge on any atom is 0.306 e. The summed E-state index contributed by atoms with van der Waals surface area (Å²) < 4.78 is 29.4. The van der Waals surface area contributed by atoms with Gasteiger partial charge in [-0.3, -0.25) is 4.79 Å². The van der Waals surface area contributed by atoms with Crippen LogP contribution in [0.15, 0.2) is 36.4 Å². The fourth-order valence-corrected chi connectivity index (χ4v) is 4.64. The molecule has 0 saturated carbocycles. The second-order valence-electron chi connectivity index (χ2n) is 9.86. The standard InChI is InChI=1S/C23H37NO5.C8H9F/c1-4-9-22(29-17-18(25)16-24-14-6-7-15-24)19-10-8-11-21(27-3)20(19)12-13-23(26)28-5-2;1-6-3-4-7(2)8(9)5-6/h8,10-11,18,22,25H,4-7,9,12-17H2,1-3H3;3-5H,1-2H3. The van der Waals surface area contributed by atoms with Gasteiger partial charge in [-0.25, -0.2) is 4.39 Å². The highest BCUT2D eigenvalue weighted by molar-refractivity contribution is 5.70. The first-order valence-electron chi connectivity index (χ1n) is 13.8. The molecule has 0 aromatic heterocycles. The Bertz CT molecular complexity index is 977. The van der Waals surface area contributed by atoms with Gasteiger partial charge in [0.15, 0.2) is 0 Å². The largest absolute Gasteiger partial charge is 0.496 e. The third-order valence-corrected chi connectivity index (χ3v) is 6.66. The number of aliphatic hydroxyl groups excluding tert-OH is 1. The Morgan fingerprint density at radius 3 is 2.47 bits per heavy atom. The first-order chi connectivity index (χ1) is 18.3. The van der Waals surface area contributed by atoms with Crippen LogP contribution in [-0.2, 0) is 20.7 Å². The number of hydrogen-bond donors (Lipinski definition) is 1. The molecule has 1 N–H and O–H groups in total. The average molecular weight is 532 g/mol. The summed E-state index contributed by atoms with van der Waals surface area (Å²) >= 11 is 0. The average Bonchev–Trinajstić information content (AvgIpc) is 3.41. The van der Waals surface area contributed by atoms with E-state index >= 15 is 0 Å². The predicted molar refractivity (Wildman–Crippen MR) is 149 cm³/mol. The Labute approximate surface area is 228 Å². The zero-order valence-electron chi connectivity index (χ0n) is 23.8. The lowest BCUT2D eigenvalue weighted by atomic mass is 9.95. The van der Waals surface area contributed by atoms with Crippen LogP contribution in [0.25, 0.3) is 0 Å². The second-order valence-corrected chi connectivity index (χ2v) is 9.86. The van der Waals surface area contributed by atoms with E-state index in [1.807, 2.05) is 38.1 Å². The van der Waals surface area contributed by atoms with E-state index in [4.69, 9.17) is 14.2 Å². The molecule has 1 fully saturated rings. The van der Waals surface area contributed by atoms with Gasteiger partial charge in [0.05, 0.1) is 32.5 Å². The van der Waals surface area contributed by atoms with Gasteiger partial charge >= 0.3 is 5.97 Å². The Hall–Kier alpha value is -2.48. The molecule has 2 aromatic carbocycles. The molecule has 2 atom stereocenters. The minimum Gasteiger partial charge on any atom is -0.496 e. The van der Waals surface area contributed by atoms with E-state index < -0.39 is 6.10 Å². The molecular formula is C31H46FNO5. The number of carbonyl (C=O) groups is 1. The van der Waals surface area contributed by atoms with Gasteiger partial charge in [0.2, 0.25) is 0 Å². The summed E-state index contributed by atoms with van der Waals surface area (Å²) in [5.74, 6) is 0.433. The molecule has 38 heavy (non-hydrogen) atoms. The van der Waals surface area contributed by atoms with E-state index in [1.165, 1.54) is 18.9 Å². The minimum atomic E-state index is -0.499. The lowest BCUT2D eigenvalue weighted by Gasteiger charge is -2.25. The van der Waals surface area contributed by atoms with Crippen LogP contribution in [0.3, 0.4) is 0 Å². The number of rotatable bonds is 13. The van der Waals surface area contributed by atoms with Crippen molar-refractivity contribution in [1.29, 1.82) is 0 Å². The summed E-state index contributed by atoms with van der Waals surface area (Å²) in [6, 6.07) is 11.1. The Morgan fingerprint density at radius 1 is 1.13 bits per heavy atom. The number of ether oxygens (including phenoxy) is 3. The highest BCUT2D eigenvalue weighted by Crippen LogP contribution is 2.33. The Kier molecular flexibility index (Phi) is 14.3. The van der Waals surface area contributed by atoms with Crippen LogP contribution in [0, 0.1) is 19.7 Å². The number of esters is 1. The smallest absolute Gasteiger partial charge is 0.306 e. The number of aliphatic hydroxyl groups is 1. The molecule has 0 amide bonds. The second kappa shape index (κ2) is 17.2. The summed E-state index contributed by atoms with van der Waals surface area (Å²) in [5.41, 5.74) is 3.69. The number of halogens is 1. The van der Waals surface area contributed by atoms with Gasteiger partial charge in [0.25, 0.3) is 0 Å². The molecule has 2 aromatic rings. The molecule has 2 unspecified atom stereocenters. The number of benzene rings is 2. The number of hydrogen-bond acceptors (Lipinski definition) is 6. The topological polar surface area (TPSA) is 68.2 Å². The molecule has 212 valence electrons. The van der Waals surface area contributed by atoms with Crippen LogP contribution in [-0.4, -0.2) is 62.0 Å². The molecule has 0 bridgehead atoms. The molecule has 1 heterocycles. The maximum atomic E-state index is 12.6. The summed E-state index contributed by atoms with van der Waals surface area (Å²) in [6.45, 7) is 11.0. The number of nitrogens with zero attached hydrogens (tertiary/aromatic N) is 1. The quantitative estimate of drug-likeness (QED) is 0.322. The maximum absolute atomic E-state index is 12.6. The van der Waals surface area contributed by atoms with Crippen molar-refractivity contribution < 1.29 is 28.5 Å². The lowest BCUT2D eigenvalue weighted by molar-refractivity contribution is -0.143. The van der Waals surface area contributed by atoms with Crippen molar-refractivity contribution in [2.75, 3.05) is 40.0 Å².